The smallest absolute Gasteiger partial charge is 0.187 e. The van der Waals surface area contributed by atoms with Crippen molar-refractivity contribution in [3.05, 3.63) is 12.2 Å². The minimum atomic E-state index is -1.67. The van der Waals surface area contributed by atoms with E-state index in [0.717, 1.165) is 38.5 Å². The van der Waals surface area contributed by atoms with Gasteiger partial charge >= 0.3 is 0 Å². The molecule has 314 valence electrons. The summed E-state index contributed by atoms with van der Waals surface area (Å²) in [5.74, 6) is 0.401. The lowest BCUT2D eigenvalue weighted by atomic mass is 9.32. The van der Waals surface area contributed by atoms with Crippen LogP contribution >= 0.6 is 0 Å². The van der Waals surface area contributed by atoms with E-state index >= 15 is 0 Å². The highest BCUT2D eigenvalue weighted by Crippen LogP contribution is 2.79. The highest BCUT2D eigenvalue weighted by atomic mass is 16.7. The summed E-state index contributed by atoms with van der Waals surface area (Å²) in [6, 6.07) is 0. The molecule has 21 atom stereocenters. The summed E-state index contributed by atoms with van der Waals surface area (Å²) in [6.45, 7) is 15.2. The number of fused-ring (bicyclic) bond motifs is 4. The van der Waals surface area contributed by atoms with E-state index < -0.39 is 91.2 Å². The lowest BCUT2D eigenvalue weighted by Gasteiger charge is -2.73. The molecular weight excluding hydrogens is 712 g/mol. The van der Waals surface area contributed by atoms with Gasteiger partial charge in [-0.1, -0.05) is 53.7 Å². The molecule has 8 N–H and O–H groups in total. The van der Waals surface area contributed by atoms with E-state index in [4.69, 9.17) is 23.7 Å². The van der Waals surface area contributed by atoms with Crippen LogP contribution in [-0.2, 0) is 23.7 Å². The maximum atomic E-state index is 12.1. The van der Waals surface area contributed by atoms with E-state index in [9.17, 15) is 40.9 Å². The summed E-state index contributed by atoms with van der Waals surface area (Å²) in [5, 5.41) is 87.5. The number of allylic oxidation sites excluding steroid dienone is 1. The van der Waals surface area contributed by atoms with E-state index in [1.807, 2.05) is 6.92 Å². The standard InChI is InChI=1S/C42H68O13/c1-21-28(46)30(48)31(49)34(52-21)55-33-29(47)22(18-43)53-35(32(33)50)54-27-10-11-37(4)23(38(27,5)19-44)8-12-39(6)24(37)9-13-42-25-16-36(2,3)14-15-41(25,20-51-42)26(45)17-40(39,42)7/h9,13,21-35,43-50H,8,10-12,14-20H2,1-7H3/t21-,22-,23+,24+,25+,26+,27+,28-,29+,30+,31-,32-,33+,34+,35+,37+,38+,39+,40-,41-,42-/m1/s1. The zero-order chi connectivity index (χ0) is 39.9. The summed E-state index contributed by atoms with van der Waals surface area (Å²) >= 11 is 0. The van der Waals surface area contributed by atoms with Crippen LogP contribution < -0.4 is 0 Å². The van der Waals surface area contributed by atoms with Gasteiger partial charge in [0.2, 0.25) is 0 Å². The van der Waals surface area contributed by atoms with E-state index in [-0.39, 0.29) is 51.4 Å². The molecule has 0 aromatic carbocycles. The highest BCUT2D eigenvalue weighted by molar-refractivity contribution is 5.36. The Bertz CT molecular complexity index is 1490. The summed E-state index contributed by atoms with van der Waals surface area (Å²) in [4.78, 5) is 0. The van der Waals surface area contributed by atoms with Crippen molar-refractivity contribution >= 4 is 0 Å². The van der Waals surface area contributed by atoms with Gasteiger partial charge in [-0.25, -0.2) is 0 Å². The van der Waals surface area contributed by atoms with Crippen LogP contribution in [0.2, 0.25) is 0 Å². The second-order valence-electron chi connectivity index (χ2n) is 21.0. The van der Waals surface area contributed by atoms with Gasteiger partial charge < -0.3 is 64.5 Å². The molecule has 5 aliphatic carbocycles. The second kappa shape index (κ2) is 13.4. The van der Waals surface area contributed by atoms with Crippen molar-refractivity contribution in [3.63, 3.8) is 0 Å². The molecule has 0 aromatic rings. The number of aliphatic hydroxyl groups is 8. The molecule has 13 heteroatoms. The topological polar surface area (TPSA) is 208 Å². The van der Waals surface area contributed by atoms with Gasteiger partial charge in [-0.2, -0.15) is 0 Å². The molecule has 3 heterocycles. The van der Waals surface area contributed by atoms with Gasteiger partial charge in [-0.15, -0.1) is 0 Å². The monoisotopic (exact) mass is 780 g/mol. The molecule has 3 saturated heterocycles. The van der Waals surface area contributed by atoms with Crippen LogP contribution in [0.3, 0.4) is 0 Å². The minimum absolute atomic E-state index is 0.0158. The summed E-state index contributed by atoms with van der Waals surface area (Å²) in [7, 11) is 0. The summed E-state index contributed by atoms with van der Waals surface area (Å²) in [6.07, 6.45) is -3.55. The van der Waals surface area contributed by atoms with Crippen LogP contribution in [0.1, 0.15) is 99.8 Å². The average molecular weight is 781 g/mol. The fourth-order valence-electron chi connectivity index (χ4n) is 14.3. The first-order valence-corrected chi connectivity index (χ1v) is 20.9. The SMILES string of the molecule is C[C@H]1O[C@@H](O[C@H]2[C@@H](O)[C@@H](CO)O[C@@H](O[C@H]3CC[C@@]4(C)[C@H](CC[C@@]5(C)[C@H]4C=C[C@@]46OC[C@@]7(CCC(C)(C)C[C@@H]74)[C@@H](O)C[C@]56C)[C@]3(C)CO)[C@@H]2O)[C@H](O)[C@@H](O)[C@@H]1O. The molecule has 55 heavy (non-hydrogen) atoms. The number of aliphatic hydroxyl groups excluding tert-OH is 8. The van der Waals surface area contributed by atoms with Crippen molar-refractivity contribution in [2.75, 3.05) is 19.8 Å². The first-order chi connectivity index (χ1) is 25.7. The fourth-order valence-corrected chi connectivity index (χ4v) is 14.3. The van der Waals surface area contributed by atoms with E-state index in [1.54, 1.807) is 0 Å². The van der Waals surface area contributed by atoms with Gasteiger partial charge in [0.15, 0.2) is 12.6 Å². The van der Waals surface area contributed by atoms with E-state index in [2.05, 4.69) is 46.8 Å². The van der Waals surface area contributed by atoms with Crippen molar-refractivity contribution < 1.29 is 64.5 Å². The molecule has 4 saturated carbocycles. The Balaban J connectivity index is 1.06. The average Bonchev–Trinajstić information content (AvgIpc) is 3.41. The lowest BCUT2D eigenvalue weighted by Crippen LogP contribution is -2.72. The van der Waals surface area contributed by atoms with Crippen molar-refractivity contribution in [1.82, 2.24) is 0 Å². The third-order valence-corrected chi connectivity index (χ3v) is 17.9. The normalized spacial score (nSPS) is 59.7. The molecular formula is C42H68O13. The van der Waals surface area contributed by atoms with Crippen LogP contribution in [0.4, 0.5) is 0 Å². The van der Waals surface area contributed by atoms with Crippen LogP contribution in [0.25, 0.3) is 0 Å². The van der Waals surface area contributed by atoms with Gasteiger partial charge in [0, 0.05) is 22.2 Å². The Hall–Kier alpha value is -0.780. The molecule has 8 aliphatic rings. The quantitative estimate of drug-likeness (QED) is 0.143. The third-order valence-electron chi connectivity index (χ3n) is 17.9. The van der Waals surface area contributed by atoms with Crippen LogP contribution in [0.5, 0.6) is 0 Å². The molecule has 0 radical (unpaired) electrons. The maximum Gasteiger partial charge on any atom is 0.187 e. The summed E-state index contributed by atoms with van der Waals surface area (Å²) in [5.41, 5.74) is -2.00. The Morgan fingerprint density at radius 3 is 2.13 bits per heavy atom. The third kappa shape index (κ3) is 5.44. The number of ether oxygens (including phenoxy) is 5. The minimum Gasteiger partial charge on any atom is -0.396 e. The molecule has 2 bridgehead atoms. The fraction of sp³-hybridized carbons (Fsp3) is 0.952. The van der Waals surface area contributed by atoms with Gasteiger partial charge in [0.1, 0.15) is 42.7 Å². The molecule has 1 spiro atoms. The maximum absolute atomic E-state index is 12.1. The Morgan fingerprint density at radius 1 is 0.727 bits per heavy atom. The molecule has 3 aliphatic heterocycles. The predicted octanol–water partition coefficient (Wildman–Crippen LogP) is 1.78. The first-order valence-electron chi connectivity index (χ1n) is 20.9. The Morgan fingerprint density at radius 2 is 1.44 bits per heavy atom. The first kappa shape index (κ1) is 41.0. The Labute approximate surface area is 325 Å². The predicted molar refractivity (Wildman–Crippen MR) is 197 cm³/mol. The zero-order valence-electron chi connectivity index (χ0n) is 33.7. The number of rotatable bonds is 6. The van der Waals surface area contributed by atoms with Crippen molar-refractivity contribution in [3.8, 4) is 0 Å². The zero-order valence-corrected chi connectivity index (χ0v) is 33.7. The number of hydrogen-bond acceptors (Lipinski definition) is 13. The molecule has 8 rings (SSSR count). The van der Waals surface area contributed by atoms with Crippen molar-refractivity contribution in [2.24, 2.45) is 50.2 Å². The van der Waals surface area contributed by atoms with Crippen molar-refractivity contribution in [1.29, 1.82) is 0 Å². The van der Waals surface area contributed by atoms with E-state index in [1.165, 1.54) is 6.92 Å². The molecule has 13 nitrogen and oxygen atoms in total. The van der Waals surface area contributed by atoms with Gasteiger partial charge in [-0.05, 0) is 86.4 Å². The van der Waals surface area contributed by atoms with Crippen LogP contribution in [0, 0.1) is 50.2 Å². The number of hydrogen-bond donors (Lipinski definition) is 8. The molecule has 0 unspecified atom stereocenters. The summed E-state index contributed by atoms with van der Waals surface area (Å²) < 4.78 is 31.2. The molecule has 7 fully saturated rings. The molecule has 0 aromatic heterocycles. The Kier molecular flexibility index (Phi) is 9.95. The van der Waals surface area contributed by atoms with E-state index in [0.29, 0.717) is 19.4 Å². The lowest BCUT2D eigenvalue weighted by molar-refractivity contribution is -0.368. The van der Waals surface area contributed by atoms with Crippen LogP contribution in [-0.4, -0.2) is 140 Å². The largest absolute Gasteiger partial charge is 0.396 e. The molecule has 0 amide bonds. The second-order valence-corrected chi connectivity index (χ2v) is 21.0. The highest BCUT2D eigenvalue weighted by Gasteiger charge is 2.79. The van der Waals surface area contributed by atoms with Crippen molar-refractivity contribution in [2.45, 2.75) is 179 Å². The van der Waals surface area contributed by atoms with Crippen LogP contribution in [0.15, 0.2) is 12.2 Å². The van der Waals surface area contributed by atoms with Gasteiger partial charge in [0.05, 0.1) is 43.7 Å². The van der Waals surface area contributed by atoms with Gasteiger partial charge in [0.25, 0.3) is 0 Å². The van der Waals surface area contributed by atoms with Gasteiger partial charge in [-0.3, -0.25) is 0 Å².